The number of amides is 1. The second kappa shape index (κ2) is 7.77. The summed E-state index contributed by atoms with van der Waals surface area (Å²) >= 11 is 0. The number of hydrogen-bond acceptors (Lipinski definition) is 3. The summed E-state index contributed by atoms with van der Waals surface area (Å²) < 4.78 is 5.50. The third kappa shape index (κ3) is 4.95. The van der Waals surface area contributed by atoms with E-state index in [1.54, 1.807) is 0 Å². The molecule has 0 heterocycles. The Bertz CT molecular complexity index is 662. The van der Waals surface area contributed by atoms with E-state index in [1.165, 1.54) is 4.90 Å². The molecule has 0 aliphatic carbocycles. The average Bonchev–Trinajstić information content (AvgIpc) is 2.55. The molecule has 126 valence electrons. The first-order valence-electron chi connectivity index (χ1n) is 7.94. The molecule has 0 bridgehead atoms. The van der Waals surface area contributed by atoms with Crippen LogP contribution in [0, 0.1) is 0 Å². The summed E-state index contributed by atoms with van der Waals surface area (Å²) in [5.74, 6) is 0. The van der Waals surface area contributed by atoms with E-state index >= 15 is 0 Å². The topological polar surface area (TPSA) is 46.6 Å². The Morgan fingerprint density at radius 1 is 1.04 bits per heavy atom. The molecule has 0 saturated carbocycles. The van der Waals surface area contributed by atoms with Crippen molar-refractivity contribution in [3.8, 4) is 0 Å². The fourth-order valence-electron chi connectivity index (χ4n) is 2.36. The SMILES string of the molecule is CC(C)(C)OC(=O)N(Cc1ccccc1)[C@H](C=O)c1ccccc1. The minimum atomic E-state index is -0.693. The molecule has 0 fully saturated rings. The molecule has 0 radical (unpaired) electrons. The largest absolute Gasteiger partial charge is 0.444 e. The van der Waals surface area contributed by atoms with Crippen LogP contribution in [-0.4, -0.2) is 22.9 Å². The van der Waals surface area contributed by atoms with E-state index in [-0.39, 0.29) is 0 Å². The smallest absolute Gasteiger partial charge is 0.411 e. The lowest BCUT2D eigenvalue weighted by atomic mass is 10.1. The van der Waals surface area contributed by atoms with Gasteiger partial charge in [-0.2, -0.15) is 0 Å². The maximum absolute atomic E-state index is 12.7. The molecule has 0 aromatic heterocycles. The standard InChI is InChI=1S/C20H23NO3/c1-20(2,3)24-19(23)21(14-16-10-6-4-7-11-16)18(15-22)17-12-8-5-9-13-17/h4-13,15,18H,14H2,1-3H3/t18-/m1/s1. The van der Waals surface area contributed by atoms with E-state index in [2.05, 4.69) is 0 Å². The van der Waals surface area contributed by atoms with Crippen LogP contribution in [0.2, 0.25) is 0 Å². The molecule has 1 atom stereocenters. The van der Waals surface area contributed by atoms with Gasteiger partial charge in [0.1, 0.15) is 17.9 Å². The van der Waals surface area contributed by atoms with Gasteiger partial charge in [0.2, 0.25) is 0 Å². The highest BCUT2D eigenvalue weighted by Gasteiger charge is 2.29. The van der Waals surface area contributed by atoms with Crippen molar-refractivity contribution in [2.24, 2.45) is 0 Å². The van der Waals surface area contributed by atoms with Crippen molar-refractivity contribution in [2.75, 3.05) is 0 Å². The van der Waals surface area contributed by atoms with Crippen molar-refractivity contribution in [2.45, 2.75) is 39.0 Å². The summed E-state index contributed by atoms with van der Waals surface area (Å²) in [4.78, 5) is 25.9. The van der Waals surface area contributed by atoms with Crippen LogP contribution < -0.4 is 0 Å². The Kier molecular flexibility index (Phi) is 5.74. The lowest BCUT2D eigenvalue weighted by Crippen LogP contribution is -2.39. The van der Waals surface area contributed by atoms with E-state index in [0.29, 0.717) is 6.54 Å². The number of ether oxygens (including phenoxy) is 1. The lowest BCUT2D eigenvalue weighted by Gasteiger charge is -2.31. The minimum Gasteiger partial charge on any atom is -0.444 e. The van der Waals surface area contributed by atoms with Crippen molar-refractivity contribution in [1.29, 1.82) is 0 Å². The summed E-state index contributed by atoms with van der Waals surface area (Å²) in [6.07, 6.45) is 0.273. The number of aldehydes is 1. The molecule has 0 aliphatic heterocycles. The number of hydrogen-bond donors (Lipinski definition) is 0. The van der Waals surface area contributed by atoms with Gasteiger partial charge >= 0.3 is 6.09 Å². The van der Waals surface area contributed by atoms with Gasteiger partial charge in [0.25, 0.3) is 0 Å². The predicted molar refractivity (Wildman–Crippen MR) is 93.5 cm³/mol. The first-order chi connectivity index (χ1) is 11.4. The van der Waals surface area contributed by atoms with Crippen molar-refractivity contribution < 1.29 is 14.3 Å². The molecule has 0 spiro atoms. The summed E-state index contributed by atoms with van der Waals surface area (Å²) in [7, 11) is 0. The van der Waals surface area contributed by atoms with Gasteiger partial charge in [-0.05, 0) is 31.9 Å². The van der Waals surface area contributed by atoms with E-state index in [9.17, 15) is 9.59 Å². The molecule has 1 amide bonds. The number of nitrogens with zero attached hydrogens (tertiary/aromatic N) is 1. The Morgan fingerprint density at radius 2 is 1.58 bits per heavy atom. The number of rotatable bonds is 5. The Hall–Kier alpha value is -2.62. The zero-order chi connectivity index (χ0) is 17.6. The summed E-state index contributed by atoms with van der Waals surface area (Å²) in [5, 5.41) is 0. The quantitative estimate of drug-likeness (QED) is 0.767. The highest BCUT2D eigenvalue weighted by atomic mass is 16.6. The van der Waals surface area contributed by atoms with Gasteiger partial charge in [0, 0.05) is 0 Å². The van der Waals surface area contributed by atoms with Crippen molar-refractivity contribution in [3.05, 3.63) is 71.8 Å². The molecular formula is C20H23NO3. The van der Waals surface area contributed by atoms with Crippen LogP contribution in [0.1, 0.15) is 37.9 Å². The zero-order valence-corrected chi connectivity index (χ0v) is 14.3. The molecule has 2 rings (SSSR count). The maximum atomic E-state index is 12.7. The van der Waals surface area contributed by atoms with E-state index in [0.717, 1.165) is 17.4 Å². The van der Waals surface area contributed by atoms with Gasteiger partial charge in [-0.3, -0.25) is 4.90 Å². The molecular weight excluding hydrogens is 302 g/mol. The van der Waals surface area contributed by atoms with Crippen molar-refractivity contribution in [1.82, 2.24) is 4.90 Å². The highest BCUT2D eigenvalue weighted by molar-refractivity contribution is 5.75. The lowest BCUT2D eigenvalue weighted by molar-refractivity contribution is -0.113. The van der Waals surface area contributed by atoms with Crippen LogP contribution in [0.25, 0.3) is 0 Å². The second-order valence-electron chi connectivity index (χ2n) is 6.59. The summed E-state index contributed by atoms with van der Waals surface area (Å²) in [6, 6.07) is 18.1. The molecule has 0 N–H and O–H groups in total. The van der Waals surface area contributed by atoms with E-state index < -0.39 is 17.7 Å². The summed E-state index contributed by atoms with van der Waals surface area (Å²) in [5.41, 5.74) is 1.07. The molecule has 0 saturated heterocycles. The van der Waals surface area contributed by atoms with Crippen LogP contribution in [0.5, 0.6) is 0 Å². The van der Waals surface area contributed by atoms with Gasteiger partial charge in [0.15, 0.2) is 0 Å². The monoisotopic (exact) mass is 325 g/mol. The molecule has 2 aromatic rings. The van der Waals surface area contributed by atoms with Crippen molar-refractivity contribution >= 4 is 12.4 Å². The maximum Gasteiger partial charge on any atom is 0.411 e. The third-order valence-electron chi connectivity index (χ3n) is 3.43. The summed E-state index contributed by atoms with van der Waals surface area (Å²) in [6.45, 7) is 5.73. The predicted octanol–water partition coefficient (Wildman–Crippen LogP) is 4.36. The second-order valence-corrected chi connectivity index (χ2v) is 6.59. The van der Waals surface area contributed by atoms with Crippen LogP contribution >= 0.6 is 0 Å². The molecule has 0 aliphatic rings. The molecule has 2 aromatic carbocycles. The highest BCUT2D eigenvalue weighted by Crippen LogP contribution is 2.24. The fourth-order valence-corrected chi connectivity index (χ4v) is 2.36. The number of carbonyl (C=O) groups is 2. The van der Waals surface area contributed by atoms with Gasteiger partial charge in [-0.25, -0.2) is 4.79 Å². The first kappa shape index (κ1) is 17.7. The molecule has 4 nitrogen and oxygen atoms in total. The van der Waals surface area contributed by atoms with Crippen molar-refractivity contribution in [3.63, 3.8) is 0 Å². The normalized spacial score (nSPS) is 12.3. The average molecular weight is 325 g/mol. The molecule has 24 heavy (non-hydrogen) atoms. The zero-order valence-electron chi connectivity index (χ0n) is 14.3. The number of benzene rings is 2. The molecule has 4 heteroatoms. The van der Waals surface area contributed by atoms with Crippen LogP contribution in [0.3, 0.4) is 0 Å². The molecule has 0 unspecified atom stereocenters. The van der Waals surface area contributed by atoms with Gasteiger partial charge in [0.05, 0.1) is 6.54 Å². The van der Waals surface area contributed by atoms with Gasteiger partial charge in [-0.15, -0.1) is 0 Å². The van der Waals surface area contributed by atoms with E-state index in [1.807, 2.05) is 81.4 Å². The van der Waals surface area contributed by atoms with Crippen LogP contribution in [0.4, 0.5) is 4.79 Å². The Labute approximate surface area is 143 Å². The first-order valence-corrected chi connectivity index (χ1v) is 7.94. The van der Waals surface area contributed by atoms with Crippen LogP contribution in [0.15, 0.2) is 60.7 Å². The minimum absolute atomic E-state index is 0.300. The van der Waals surface area contributed by atoms with Gasteiger partial charge < -0.3 is 9.53 Å². The Morgan fingerprint density at radius 3 is 2.08 bits per heavy atom. The fraction of sp³-hybridized carbons (Fsp3) is 0.300. The number of carbonyl (C=O) groups excluding carboxylic acids is 2. The Balaban J connectivity index is 2.33. The third-order valence-corrected chi connectivity index (χ3v) is 3.43. The van der Waals surface area contributed by atoms with E-state index in [4.69, 9.17) is 4.74 Å². The van der Waals surface area contributed by atoms with Gasteiger partial charge in [-0.1, -0.05) is 60.7 Å². The van der Waals surface area contributed by atoms with Crippen LogP contribution in [-0.2, 0) is 16.1 Å².